The van der Waals surface area contributed by atoms with Crippen LogP contribution in [0.25, 0.3) is 0 Å². The fourth-order valence-corrected chi connectivity index (χ4v) is 3.67. The highest BCUT2D eigenvalue weighted by Gasteiger charge is 2.32. The molecule has 2 heteroatoms. The van der Waals surface area contributed by atoms with E-state index in [4.69, 9.17) is 5.73 Å². The summed E-state index contributed by atoms with van der Waals surface area (Å²) in [7, 11) is 0. The third-order valence-corrected chi connectivity index (χ3v) is 4.85. The van der Waals surface area contributed by atoms with E-state index in [-0.39, 0.29) is 0 Å². The van der Waals surface area contributed by atoms with Gasteiger partial charge in [0.1, 0.15) is 0 Å². The minimum Gasteiger partial charge on any atom is -0.326 e. The molecule has 3 unspecified atom stereocenters. The molecule has 0 bridgehead atoms. The smallest absolute Gasteiger partial charge is 0.0196 e. The average Bonchev–Trinajstić information content (AvgIpc) is 2.89. The fourth-order valence-electron chi connectivity index (χ4n) is 3.67. The standard InChI is InChI=1S/C14H28N2/c1-3-13-9-8-11(2)16(13)10-14(15)12-6-4-5-7-12/h11-14H,3-10,15H2,1-2H3. The largest absolute Gasteiger partial charge is 0.326 e. The summed E-state index contributed by atoms with van der Waals surface area (Å²) in [5, 5.41) is 0. The molecule has 0 aromatic rings. The van der Waals surface area contributed by atoms with E-state index in [2.05, 4.69) is 18.7 Å². The topological polar surface area (TPSA) is 29.3 Å². The number of hydrogen-bond donors (Lipinski definition) is 1. The number of nitrogens with two attached hydrogens (primary N) is 1. The maximum atomic E-state index is 6.40. The molecular formula is C14H28N2. The van der Waals surface area contributed by atoms with Gasteiger partial charge in [-0.3, -0.25) is 4.90 Å². The van der Waals surface area contributed by atoms with E-state index in [1.165, 1.54) is 44.9 Å². The Bertz CT molecular complexity index is 211. The molecule has 1 saturated carbocycles. The van der Waals surface area contributed by atoms with Crippen LogP contribution in [0.4, 0.5) is 0 Å². The zero-order valence-electron chi connectivity index (χ0n) is 11.0. The molecule has 0 amide bonds. The molecule has 0 radical (unpaired) electrons. The molecule has 1 saturated heterocycles. The Morgan fingerprint density at radius 1 is 1.19 bits per heavy atom. The molecule has 94 valence electrons. The van der Waals surface area contributed by atoms with E-state index in [0.29, 0.717) is 6.04 Å². The molecule has 3 atom stereocenters. The van der Waals surface area contributed by atoms with E-state index in [0.717, 1.165) is 24.5 Å². The highest BCUT2D eigenvalue weighted by molar-refractivity contribution is 4.89. The second-order valence-corrected chi connectivity index (χ2v) is 5.89. The molecule has 0 aromatic heterocycles. The number of hydrogen-bond acceptors (Lipinski definition) is 2. The van der Waals surface area contributed by atoms with E-state index < -0.39 is 0 Å². The summed E-state index contributed by atoms with van der Waals surface area (Å²) in [6.07, 6.45) is 9.61. The van der Waals surface area contributed by atoms with Crippen molar-refractivity contribution >= 4 is 0 Å². The predicted octanol–water partition coefficient (Wildman–Crippen LogP) is 2.77. The first-order valence-corrected chi connectivity index (χ1v) is 7.23. The number of rotatable bonds is 4. The van der Waals surface area contributed by atoms with Gasteiger partial charge >= 0.3 is 0 Å². The van der Waals surface area contributed by atoms with Crippen molar-refractivity contribution in [3.8, 4) is 0 Å². The fraction of sp³-hybridized carbons (Fsp3) is 1.00. The maximum Gasteiger partial charge on any atom is 0.0196 e. The highest BCUT2D eigenvalue weighted by atomic mass is 15.2. The van der Waals surface area contributed by atoms with Crippen LogP contribution >= 0.6 is 0 Å². The Labute approximate surface area is 101 Å². The van der Waals surface area contributed by atoms with Gasteiger partial charge in [0, 0.05) is 24.7 Å². The van der Waals surface area contributed by atoms with Gasteiger partial charge in [-0.2, -0.15) is 0 Å². The molecule has 0 aromatic carbocycles. The highest BCUT2D eigenvalue weighted by Crippen LogP contribution is 2.30. The van der Waals surface area contributed by atoms with Gasteiger partial charge in [-0.15, -0.1) is 0 Å². The molecule has 16 heavy (non-hydrogen) atoms. The first-order chi connectivity index (χ1) is 7.72. The van der Waals surface area contributed by atoms with Crippen LogP contribution in [0.3, 0.4) is 0 Å². The molecule has 1 aliphatic heterocycles. The maximum absolute atomic E-state index is 6.40. The van der Waals surface area contributed by atoms with Crippen LogP contribution in [0.2, 0.25) is 0 Å². The normalized spacial score (nSPS) is 34.7. The van der Waals surface area contributed by atoms with E-state index in [1.54, 1.807) is 0 Å². The second-order valence-electron chi connectivity index (χ2n) is 5.89. The van der Waals surface area contributed by atoms with Gasteiger partial charge < -0.3 is 5.73 Å². The summed E-state index contributed by atoms with van der Waals surface area (Å²) in [6, 6.07) is 2.00. The molecular weight excluding hydrogens is 196 g/mol. The summed E-state index contributed by atoms with van der Waals surface area (Å²) in [4.78, 5) is 2.68. The minimum atomic E-state index is 0.428. The molecule has 0 spiro atoms. The Balaban J connectivity index is 1.86. The quantitative estimate of drug-likeness (QED) is 0.795. The first kappa shape index (κ1) is 12.4. The lowest BCUT2D eigenvalue weighted by molar-refractivity contribution is 0.170. The van der Waals surface area contributed by atoms with Crippen LogP contribution in [-0.4, -0.2) is 29.6 Å². The van der Waals surface area contributed by atoms with E-state index >= 15 is 0 Å². The third kappa shape index (κ3) is 2.60. The summed E-state index contributed by atoms with van der Waals surface area (Å²) in [6.45, 7) is 5.83. The van der Waals surface area contributed by atoms with E-state index in [1.807, 2.05) is 0 Å². The van der Waals surface area contributed by atoms with Crippen LogP contribution < -0.4 is 5.73 Å². The van der Waals surface area contributed by atoms with Crippen LogP contribution in [-0.2, 0) is 0 Å². The van der Waals surface area contributed by atoms with Crippen LogP contribution in [0, 0.1) is 5.92 Å². The molecule has 2 fully saturated rings. The lowest BCUT2D eigenvalue weighted by atomic mass is 9.98. The van der Waals surface area contributed by atoms with Gasteiger partial charge in [-0.05, 0) is 44.9 Å². The van der Waals surface area contributed by atoms with Crippen LogP contribution in [0.5, 0.6) is 0 Å². The van der Waals surface area contributed by atoms with Gasteiger partial charge in [0.25, 0.3) is 0 Å². The molecule has 2 aliphatic rings. The molecule has 1 heterocycles. The lowest BCUT2D eigenvalue weighted by Crippen LogP contribution is -2.45. The number of nitrogens with zero attached hydrogens (tertiary/aromatic N) is 1. The summed E-state index contributed by atoms with van der Waals surface area (Å²) >= 11 is 0. The monoisotopic (exact) mass is 224 g/mol. The van der Waals surface area contributed by atoms with Gasteiger partial charge in [-0.1, -0.05) is 19.8 Å². The Hall–Kier alpha value is -0.0800. The Morgan fingerprint density at radius 2 is 1.88 bits per heavy atom. The summed E-state index contributed by atoms with van der Waals surface area (Å²) < 4.78 is 0. The number of likely N-dealkylation sites (tertiary alicyclic amines) is 1. The SMILES string of the molecule is CCC1CCC(C)N1CC(N)C1CCCC1. The van der Waals surface area contributed by atoms with Crippen molar-refractivity contribution in [2.75, 3.05) is 6.54 Å². The lowest BCUT2D eigenvalue weighted by Gasteiger charge is -2.32. The Kier molecular flexibility index (Phi) is 4.26. The van der Waals surface area contributed by atoms with Gasteiger partial charge in [0.2, 0.25) is 0 Å². The molecule has 1 aliphatic carbocycles. The average molecular weight is 224 g/mol. The van der Waals surface area contributed by atoms with E-state index in [9.17, 15) is 0 Å². The van der Waals surface area contributed by atoms with Gasteiger partial charge in [-0.25, -0.2) is 0 Å². The van der Waals surface area contributed by atoms with Crippen molar-refractivity contribution in [2.45, 2.75) is 76.9 Å². The van der Waals surface area contributed by atoms with Crippen LogP contribution in [0.15, 0.2) is 0 Å². The van der Waals surface area contributed by atoms with Crippen molar-refractivity contribution in [2.24, 2.45) is 11.7 Å². The Morgan fingerprint density at radius 3 is 2.50 bits per heavy atom. The first-order valence-electron chi connectivity index (χ1n) is 7.23. The van der Waals surface area contributed by atoms with Gasteiger partial charge in [0.15, 0.2) is 0 Å². The zero-order chi connectivity index (χ0) is 11.5. The van der Waals surface area contributed by atoms with Crippen molar-refractivity contribution in [3.05, 3.63) is 0 Å². The van der Waals surface area contributed by atoms with Crippen molar-refractivity contribution < 1.29 is 0 Å². The summed E-state index contributed by atoms with van der Waals surface area (Å²) in [5.41, 5.74) is 6.40. The van der Waals surface area contributed by atoms with Crippen molar-refractivity contribution in [1.82, 2.24) is 4.90 Å². The molecule has 2 nitrogen and oxygen atoms in total. The molecule has 2 N–H and O–H groups in total. The van der Waals surface area contributed by atoms with Crippen molar-refractivity contribution in [3.63, 3.8) is 0 Å². The van der Waals surface area contributed by atoms with Crippen LogP contribution in [0.1, 0.15) is 58.8 Å². The zero-order valence-corrected chi connectivity index (χ0v) is 11.0. The third-order valence-electron chi connectivity index (χ3n) is 4.85. The predicted molar refractivity (Wildman–Crippen MR) is 69.4 cm³/mol. The molecule has 2 rings (SSSR count). The summed E-state index contributed by atoms with van der Waals surface area (Å²) in [5.74, 6) is 0.810. The minimum absolute atomic E-state index is 0.428. The second kappa shape index (κ2) is 5.50. The van der Waals surface area contributed by atoms with Gasteiger partial charge in [0.05, 0.1) is 0 Å². The van der Waals surface area contributed by atoms with Crippen molar-refractivity contribution in [1.29, 1.82) is 0 Å².